The Morgan fingerprint density at radius 1 is 1.00 bits per heavy atom. The van der Waals surface area contributed by atoms with Crippen molar-refractivity contribution in [1.29, 1.82) is 0 Å². The zero-order chi connectivity index (χ0) is 19.1. The van der Waals surface area contributed by atoms with E-state index in [1.165, 1.54) is 18.2 Å². The van der Waals surface area contributed by atoms with Gasteiger partial charge in [0.2, 0.25) is 17.8 Å². The normalized spacial score (nSPS) is 11.1. The van der Waals surface area contributed by atoms with Gasteiger partial charge in [-0.1, -0.05) is 23.7 Å². The monoisotopic (exact) mass is 389 g/mol. The van der Waals surface area contributed by atoms with Crippen LogP contribution in [-0.2, 0) is 0 Å². The van der Waals surface area contributed by atoms with Crippen LogP contribution in [0.2, 0.25) is 5.02 Å². The van der Waals surface area contributed by atoms with E-state index in [2.05, 4.69) is 10.3 Å². The van der Waals surface area contributed by atoms with Crippen molar-refractivity contribution >= 4 is 39.8 Å². The number of nitrogens with one attached hydrogen (secondary N) is 1. The Morgan fingerprint density at radius 3 is 2.44 bits per heavy atom. The standard InChI is InChI=1S/C19H11ClF3N3O/c20-13-8-10(4-5-14(13)21)25-17-12-3-1-2-11(18(12)27-19(17)24)9-6-15(22)26-16(23)7-9/h1-8,25H,24H2. The highest BCUT2D eigenvalue weighted by Gasteiger charge is 2.17. The lowest BCUT2D eigenvalue weighted by atomic mass is 10.0. The molecule has 2 aromatic carbocycles. The molecule has 0 aliphatic heterocycles. The molecule has 4 nitrogen and oxygen atoms in total. The minimum atomic E-state index is -0.944. The first-order chi connectivity index (χ1) is 12.9. The van der Waals surface area contributed by atoms with E-state index in [1.54, 1.807) is 18.2 Å². The number of rotatable bonds is 3. The maximum absolute atomic E-state index is 13.5. The third kappa shape index (κ3) is 3.17. The molecule has 0 aliphatic rings. The van der Waals surface area contributed by atoms with Crippen molar-refractivity contribution in [1.82, 2.24) is 4.98 Å². The van der Waals surface area contributed by atoms with Crippen LogP contribution in [-0.4, -0.2) is 4.98 Å². The average molecular weight is 390 g/mol. The summed E-state index contributed by atoms with van der Waals surface area (Å²) in [6.07, 6.45) is 0. The van der Waals surface area contributed by atoms with E-state index >= 15 is 0 Å². The molecule has 0 radical (unpaired) electrons. The number of benzene rings is 2. The van der Waals surface area contributed by atoms with Gasteiger partial charge in [-0.2, -0.15) is 13.8 Å². The fraction of sp³-hybridized carbons (Fsp3) is 0. The van der Waals surface area contributed by atoms with Crippen LogP contribution < -0.4 is 11.1 Å². The number of pyridine rings is 1. The molecule has 0 bridgehead atoms. The molecule has 0 saturated heterocycles. The van der Waals surface area contributed by atoms with E-state index < -0.39 is 17.7 Å². The second-order valence-corrected chi connectivity index (χ2v) is 6.19. The number of nitrogen functional groups attached to an aromatic ring is 1. The van der Waals surface area contributed by atoms with Crippen LogP contribution in [0.1, 0.15) is 0 Å². The van der Waals surface area contributed by atoms with Gasteiger partial charge in [0.15, 0.2) is 0 Å². The maximum atomic E-state index is 13.5. The van der Waals surface area contributed by atoms with Crippen LogP contribution in [0.3, 0.4) is 0 Å². The first-order valence-corrected chi connectivity index (χ1v) is 8.16. The summed E-state index contributed by atoms with van der Waals surface area (Å²) in [6, 6.07) is 11.4. The van der Waals surface area contributed by atoms with Crippen molar-refractivity contribution in [2.45, 2.75) is 0 Å². The highest BCUT2D eigenvalue weighted by molar-refractivity contribution is 6.31. The highest BCUT2D eigenvalue weighted by Crippen LogP contribution is 2.40. The zero-order valence-electron chi connectivity index (χ0n) is 13.6. The minimum Gasteiger partial charge on any atom is -0.438 e. The third-order valence-corrected chi connectivity index (χ3v) is 4.30. The highest BCUT2D eigenvalue weighted by atomic mass is 35.5. The molecule has 136 valence electrons. The molecule has 4 rings (SSSR count). The number of halogens is 4. The Balaban J connectivity index is 1.84. The Hall–Kier alpha value is -3.19. The maximum Gasteiger partial charge on any atom is 0.216 e. The van der Waals surface area contributed by atoms with Crippen molar-refractivity contribution in [2.24, 2.45) is 0 Å². The number of hydrogen-bond donors (Lipinski definition) is 2. The van der Waals surface area contributed by atoms with Crippen molar-refractivity contribution in [3.8, 4) is 11.1 Å². The first kappa shape index (κ1) is 17.2. The molecule has 0 spiro atoms. The Morgan fingerprint density at radius 2 is 1.74 bits per heavy atom. The van der Waals surface area contributed by atoms with E-state index in [0.29, 0.717) is 27.9 Å². The van der Waals surface area contributed by atoms with Crippen molar-refractivity contribution in [2.75, 3.05) is 11.1 Å². The van der Waals surface area contributed by atoms with Gasteiger partial charge in [0.05, 0.1) is 5.02 Å². The summed E-state index contributed by atoms with van der Waals surface area (Å²) >= 11 is 5.80. The van der Waals surface area contributed by atoms with Crippen LogP contribution in [0.4, 0.5) is 30.4 Å². The number of nitrogens with zero attached hydrogens (tertiary/aromatic N) is 1. The van der Waals surface area contributed by atoms with Gasteiger partial charge in [0, 0.05) is 28.8 Å². The molecule has 4 aromatic rings. The fourth-order valence-corrected chi connectivity index (χ4v) is 3.01. The zero-order valence-corrected chi connectivity index (χ0v) is 14.3. The summed E-state index contributed by atoms with van der Waals surface area (Å²) in [5.74, 6) is -2.37. The van der Waals surface area contributed by atoms with Gasteiger partial charge in [-0.05, 0) is 29.8 Å². The summed E-state index contributed by atoms with van der Waals surface area (Å²) in [5.41, 5.74) is 7.97. The Bertz CT molecular complexity index is 1160. The molecule has 0 unspecified atom stereocenters. The summed E-state index contributed by atoms with van der Waals surface area (Å²) < 4.78 is 46.0. The largest absolute Gasteiger partial charge is 0.438 e. The van der Waals surface area contributed by atoms with Gasteiger partial charge < -0.3 is 15.5 Å². The van der Waals surface area contributed by atoms with Gasteiger partial charge in [-0.15, -0.1) is 0 Å². The topological polar surface area (TPSA) is 64.1 Å². The fourth-order valence-electron chi connectivity index (χ4n) is 2.83. The van der Waals surface area contributed by atoms with E-state index in [9.17, 15) is 13.2 Å². The quantitative estimate of drug-likeness (QED) is 0.429. The van der Waals surface area contributed by atoms with Crippen molar-refractivity contribution in [3.05, 3.63) is 71.3 Å². The summed E-state index contributed by atoms with van der Waals surface area (Å²) in [6.45, 7) is 0. The molecular weight excluding hydrogens is 379 g/mol. The van der Waals surface area contributed by atoms with Gasteiger partial charge in [0.1, 0.15) is 17.1 Å². The summed E-state index contributed by atoms with van der Waals surface area (Å²) in [4.78, 5) is 3.09. The van der Waals surface area contributed by atoms with E-state index in [4.69, 9.17) is 21.8 Å². The Labute approximate surface area is 156 Å². The van der Waals surface area contributed by atoms with E-state index in [1.807, 2.05) is 0 Å². The van der Waals surface area contributed by atoms with Gasteiger partial charge >= 0.3 is 0 Å². The predicted octanol–water partition coefficient (Wildman–Crippen LogP) is 5.89. The number of anilines is 3. The van der Waals surface area contributed by atoms with Crippen molar-refractivity contribution < 1.29 is 17.6 Å². The minimum absolute atomic E-state index is 0.0465. The summed E-state index contributed by atoms with van der Waals surface area (Å²) in [7, 11) is 0. The number of aromatic nitrogens is 1. The predicted molar refractivity (Wildman–Crippen MR) is 98.5 cm³/mol. The second-order valence-electron chi connectivity index (χ2n) is 5.78. The van der Waals surface area contributed by atoms with Gasteiger partial charge in [-0.3, -0.25) is 0 Å². The molecule has 0 atom stereocenters. The lowest BCUT2D eigenvalue weighted by Gasteiger charge is -2.07. The number of furan rings is 1. The molecule has 0 aliphatic carbocycles. The van der Waals surface area contributed by atoms with E-state index in [0.717, 1.165) is 12.1 Å². The molecular formula is C19H11ClF3N3O. The van der Waals surface area contributed by atoms with Crippen molar-refractivity contribution in [3.63, 3.8) is 0 Å². The molecule has 27 heavy (non-hydrogen) atoms. The molecule has 0 saturated carbocycles. The molecule has 0 amide bonds. The Kier molecular flexibility index (Phi) is 4.16. The summed E-state index contributed by atoms with van der Waals surface area (Å²) in [5, 5.41) is 3.57. The smallest absolute Gasteiger partial charge is 0.216 e. The van der Waals surface area contributed by atoms with E-state index in [-0.39, 0.29) is 16.5 Å². The third-order valence-electron chi connectivity index (χ3n) is 4.01. The molecule has 8 heteroatoms. The molecule has 2 heterocycles. The molecule has 0 fully saturated rings. The number of fused-ring (bicyclic) bond motifs is 1. The lowest BCUT2D eigenvalue weighted by Crippen LogP contribution is -1.94. The lowest BCUT2D eigenvalue weighted by molar-refractivity contribution is 0.513. The molecule has 2 aromatic heterocycles. The van der Waals surface area contributed by atoms with Crippen LogP contribution in [0.5, 0.6) is 0 Å². The number of hydrogen-bond acceptors (Lipinski definition) is 4. The SMILES string of the molecule is Nc1oc2c(-c3cc(F)nc(F)c3)cccc2c1Nc1ccc(F)c(Cl)c1. The van der Waals surface area contributed by atoms with Crippen LogP contribution in [0.25, 0.3) is 22.1 Å². The number of para-hydroxylation sites is 1. The van der Waals surface area contributed by atoms with Crippen LogP contribution >= 0.6 is 11.6 Å². The van der Waals surface area contributed by atoms with Gasteiger partial charge in [0.25, 0.3) is 0 Å². The number of nitrogens with two attached hydrogens (primary N) is 1. The first-order valence-electron chi connectivity index (χ1n) is 7.79. The van der Waals surface area contributed by atoms with Crippen LogP contribution in [0.15, 0.2) is 52.9 Å². The van der Waals surface area contributed by atoms with Gasteiger partial charge in [-0.25, -0.2) is 4.39 Å². The molecule has 3 N–H and O–H groups in total. The average Bonchev–Trinajstić information content (AvgIpc) is 2.93. The second kappa shape index (κ2) is 6.51. The van der Waals surface area contributed by atoms with Crippen LogP contribution in [0, 0.1) is 17.7 Å².